The normalized spacial score (nSPS) is 11.1. The average molecular weight is 361 g/mol. The molecule has 0 unspecified atom stereocenters. The molecule has 0 aliphatic carbocycles. The molecular weight excluding hydrogens is 344 g/mol. The molecule has 0 atom stereocenters. The second kappa shape index (κ2) is 6.00. The van der Waals surface area contributed by atoms with Gasteiger partial charge in [0.15, 0.2) is 0 Å². The molecule has 0 aliphatic rings. The van der Waals surface area contributed by atoms with E-state index in [0.29, 0.717) is 6.42 Å². The van der Waals surface area contributed by atoms with E-state index >= 15 is 0 Å². The van der Waals surface area contributed by atoms with Gasteiger partial charge in [0.25, 0.3) is 0 Å². The Balaban J connectivity index is 2.13. The lowest BCUT2D eigenvalue weighted by Crippen LogP contribution is -2.13. The summed E-state index contributed by atoms with van der Waals surface area (Å²) in [4.78, 5) is 22.8. The Morgan fingerprint density at radius 3 is 2.55 bits per heavy atom. The lowest BCUT2D eigenvalue weighted by Gasteiger charge is -2.14. The van der Waals surface area contributed by atoms with E-state index in [1.165, 1.54) is 6.33 Å². The van der Waals surface area contributed by atoms with Gasteiger partial charge in [-0.3, -0.25) is 0 Å². The molecule has 3 aromatic rings. The summed E-state index contributed by atoms with van der Waals surface area (Å²) in [5.41, 5.74) is 2.98. The zero-order valence-electron chi connectivity index (χ0n) is 12.8. The molecule has 0 amide bonds. The number of H-pyrrole nitrogens is 1. The number of nitrogens with one attached hydrogen (secondary N) is 1. The van der Waals surface area contributed by atoms with Gasteiger partial charge >= 0.3 is 0 Å². The number of rotatable bonds is 4. The van der Waals surface area contributed by atoms with E-state index in [1.807, 2.05) is 19.0 Å². The molecule has 0 fully saturated rings. The zero-order chi connectivity index (χ0) is 15.7. The fraction of sp³-hybridized carbons (Fsp3) is 0.333. The molecule has 7 heteroatoms. The van der Waals surface area contributed by atoms with Crippen molar-refractivity contribution >= 4 is 32.8 Å². The maximum atomic E-state index is 4.71. The largest absolute Gasteiger partial charge is 0.362 e. The third-order valence-corrected chi connectivity index (χ3v) is 4.32. The highest BCUT2D eigenvalue weighted by Crippen LogP contribution is 2.33. The van der Waals surface area contributed by atoms with Crippen LogP contribution >= 0.6 is 15.9 Å². The highest BCUT2D eigenvalue weighted by molar-refractivity contribution is 9.10. The van der Waals surface area contributed by atoms with Crippen LogP contribution in [-0.2, 0) is 12.8 Å². The molecule has 3 heterocycles. The van der Waals surface area contributed by atoms with Crippen LogP contribution < -0.4 is 4.90 Å². The average Bonchev–Trinajstić information content (AvgIpc) is 2.83. The molecule has 22 heavy (non-hydrogen) atoms. The smallest absolute Gasteiger partial charge is 0.144 e. The van der Waals surface area contributed by atoms with Crippen molar-refractivity contribution in [1.82, 2.24) is 24.9 Å². The highest BCUT2D eigenvalue weighted by atomic mass is 79.9. The van der Waals surface area contributed by atoms with E-state index in [0.717, 1.165) is 44.8 Å². The first-order chi connectivity index (χ1) is 10.6. The molecule has 0 radical (unpaired) electrons. The van der Waals surface area contributed by atoms with E-state index < -0.39 is 0 Å². The minimum Gasteiger partial charge on any atom is -0.362 e. The Labute approximate surface area is 137 Å². The van der Waals surface area contributed by atoms with Crippen molar-refractivity contribution in [1.29, 1.82) is 0 Å². The van der Waals surface area contributed by atoms with Gasteiger partial charge in [0.1, 0.15) is 23.6 Å². The molecule has 3 aromatic heterocycles. The van der Waals surface area contributed by atoms with Crippen LogP contribution in [0.25, 0.3) is 11.0 Å². The van der Waals surface area contributed by atoms with Crippen LogP contribution in [0.2, 0.25) is 0 Å². The minimum absolute atomic E-state index is 0.607. The van der Waals surface area contributed by atoms with Gasteiger partial charge in [-0.1, -0.05) is 6.92 Å². The van der Waals surface area contributed by atoms with Gasteiger partial charge in [0.2, 0.25) is 0 Å². The summed E-state index contributed by atoms with van der Waals surface area (Å²) >= 11 is 3.66. The lowest BCUT2D eigenvalue weighted by molar-refractivity contribution is 0.940. The van der Waals surface area contributed by atoms with Crippen molar-refractivity contribution in [2.45, 2.75) is 19.8 Å². The monoisotopic (exact) mass is 360 g/mol. The van der Waals surface area contributed by atoms with Gasteiger partial charge in [-0.15, -0.1) is 0 Å². The maximum absolute atomic E-state index is 4.71. The fourth-order valence-electron chi connectivity index (χ4n) is 2.39. The second-order valence-corrected chi connectivity index (χ2v) is 6.07. The van der Waals surface area contributed by atoms with Crippen molar-refractivity contribution < 1.29 is 0 Å². The van der Waals surface area contributed by atoms with Crippen LogP contribution in [0.3, 0.4) is 0 Å². The topological polar surface area (TPSA) is 70.6 Å². The molecule has 6 nitrogen and oxygen atoms in total. The first kappa shape index (κ1) is 14.9. The van der Waals surface area contributed by atoms with Crippen molar-refractivity contribution in [3.05, 3.63) is 40.3 Å². The molecule has 0 saturated carbocycles. The van der Waals surface area contributed by atoms with Gasteiger partial charge in [0, 0.05) is 38.6 Å². The molecule has 114 valence electrons. The molecule has 0 aliphatic heterocycles. The first-order valence-electron chi connectivity index (χ1n) is 7.08. The third-order valence-electron chi connectivity index (χ3n) is 3.44. The standard InChI is InChI=1S/C15H17BrN6/c1-4-10-13(16)12-14(19-10)20-11(21-15(12)22(2)3)5-9-6-17-8-18-7-9/h6-8H,4-5H2,1-3H3,(H,19,20,21). The molecular formula is C15H17BrN6. The van der Waals surface area contributed by atoms with Crippen molar-refractivity contribution in [2.75, 3.05) is 19.0 Å². The van der Waals surface area contributed by atoms with E-state index in [4.69, 9.17) is 4.98 Å². The zero-order valence-corrected chi connectivity index (χ0v) is 14.3. The Hall–Kier alpha value is -2.02. The summed E-state index contributed by atoms with van der Waals surface area (Å²) in [7, 11) is 3.98. The quantitative estimate of drug-likeness (QED) is 0.774. The first-order valence-corrected chi connectivity index (χ1v) is 7.87. The van der Waals surface area contributed by atoms with Crippen LogP contribution in [0, 0.1) is 0 Å². The van der Waals surface area contributed by atoms with Gasteiger partial charge < -0.3 is 9.88 Å². The number of halogens is 1. The van der Waals surface area contributed by atoms with Crippen molar-refractivity contribution in [2.24, 2.45) is 0 Å². The number of hydrogen-bond donors (Lipinski definition) is 1. The molecule has 0 aromatic carbocycles. The Kier molecular flexibility index (Phi) is 4.06. The van der Waals surface area contributed by atoms with Crippen molar-refractivity contribution in [3.63, 3.8) is 0 Å². The van der Waals surface area contributed by atoms with Crippen LogP contribution in [0.1, 0.15) is 24.0 Å². The fourth-order valence-corrected chi connectivity index (χ4v) is 3.13. The number of hydrogen-bond acceptors (Lipinski definition) is 5. The summed E-state index contributed by atoms with van der Waals surface area (Å²) in [5, 5.41) is 1.02. The number of aromatic nitrogens is 5. The van der Waals surface area contributed by atoms with Gasteiger partial charge in [-0.2, -0.15) is 0 Å². The summed E-state index contributed by atoms with van der Waals surface area (Å²) in [6, 6.07) is 0. The van der Waals surface area contributed by atoms with Crippen molar-refractivity contribution in [3.8, 4) is 0 Å². The van der Waals surface area contributed by atoms with Crippen LogP contribution in [0.15, 0.2) is 23.2 Å². The van der Waals surface area contributed by atoms with Crippen LogP contribution in [0.5, 0.6) is 0 Å². The molecule has 0 spiro atoms. The van der Waals surface area contributed by atoms with Crippen LogP contribution in [0.4, 0.5) is 5.82 Å². The minimum atomic E-state index is 0.607. The summed E-state index contributed by atoms with van der Waals surface area (Å²) in [5.74, 6) is 1.65. The Morgan fingerprint density at radius 2 is 1.91 bits per heavy atom. The van der Waals surface area contributed by atoms with Gasteiger partial charge in [0.05, 0.1) is 9.86 Å². The Bertz CT molecular complexity index is 797. The second-order valence-electron chi connectivity index (χ2n) is 5.28. The van der Waals surface area contributed by atoms with E-state index in [9.17, 15) is 0 Å². The molecule has 0 bridgehead atoms. The third kappa shape index (κ3) is 2.68. The van der Waals surface area contributed by atoms with Gasteiger partial charge in [-0.05, 0) is 27.9 Å². The molecule has 0 saturated heterocycles. The van der Waals surface area contributed by atoms with Gasteiger partial charge in [-0.25, -0.2) is 19.9 Å². The summed E-state index contributed by atoms with van der Waals surface area (Å²) in [6.45, 7) is 2.11. The Morgan fingerprint density at radius 1 is 1.18 bits per heavy atom. The number of fused-ring (bicyclic) bond motifs is 1. The summed E-state index contributed by atoms with van der Waals surface area (Å²) < 4.78 is 1.04. The van der Waals surface area contributed by atoms with E-state index in [1.54, 1.807) is 12.4 Å². The van der Waals surface area contributed by atoms with Crippen LogP contribution in [-0.4, -0.2) is 39.0 Å². The number of anilines is 1. The SMILES string of the molecule is CCc1[nH]c2nc(Cc3cncnc3)nc(N(C)C)c2c1Br. The predicted octanol–water partition coefficient (Wildman–Crippen LogP) is 2.73. The number of aryl methyl sites for hydroxylation is 1. The maximum Gasteiger partial charge on any atom is 0.144 e. The number of aromatic amines is 1. The van der Waals surface area contributed by atoms with E-state index in [-0.39, 0.29) is 0 Å². The molecule has 3 rings (SSSR count). The lowest BCUT2D eigenvalue weighted by atomic mass is 10.2. The number of nitrogens with zero attached hydrogens (tertiary/aromatic N) is 5. The van der Waals surface area contributed by atoms with E-state index in [2.05, 4.69) is 42.8 Å². The summed E-state index contributed by atoms with van der Waals surface area (Å²) in [6.07, 6.45) is 6.62. The predicted molar refractivity (Wildman–Crippen MR) is 90.1 cm³/mol. The highest BCUT2D eigenvalue weighted by Gasteiger charge is 2.17. The molecule has 1 N–H and O–H groups in total.